The van der Waals surface area contributed by atoms with Gasteiger partial charge >= 0.3 is 5.97 Å². The molecule has 2 aliphatic rings. The number of amides is 2. The zero-order chi connectivity index (χ0) is 19.5. The van der Waals surface area contributed by atoms with Crippen molar-refractivity contribution in [2.24, 2.45) is 0 Å². The molecular weight excluding hydrogens is 364 g/mol. The maximum atomic E-state index is 12.7. The van der Waals surface area contributed by atoms with E-state index in [0.717, 1.165) is 4.90 Å². The van der Waals surface area contributed by atoms with E-state index in [-0.39, 0.29) is 24.1 Å². The van der Waals surface area contributed by atoms with Crippen molar-refractivity contribution in [3.05, 3.63) is 59.5 Å². The third kappa shape index (κ3) is 3.69. The van der Waals surface area contributed by atoms with Gasteiger partial charge in [0, 0.05) is 19.6 Å². The number of carbonyl (C=O) groups excluding carboxylic acids is 3. The monoisotopic (exact) mass is 384 g/mol. The lowest BCUT2D eigenvalue weighted by Crippen LogP contribution is -2.47. The minimum absolute atomic E-state index is 0.0177. The lowest BCUT2D eigenvalue weighted by atomic mass is 10.1. The molecule has 2 amide bonds. The predicted octanol–water partition coefficient (Wildman–Crippen LogP) is 1.43. The first-order valence-electron chi connectivity index (χ1n) is 9.13. The minimum Gasteiger partial charge on any atom is -0.457 e. The normalized spacial score (nSPS) is 18.2. The molecule has 1 atom stereocenters. The number of imide groups is 1. The number of rotatable bonds is 6. The number of furan rings is 1. The van der Waals surface area contributed by atoms with Crippen LogP contribution in [0.1, 0.15) is 31.3 Å². The maximum Gasteiger partial charge on any atom is 0.374 e. The molecule has 8 nitrogen and oxygen atoms in total. The number of hydrogen-bond donors (Lipinski definition) is 0. The van der Waals surface area contributed by atoms with Crippen molar-refractivity contribution >= 4 is 17.8 Å². The van der Waals surface area contributed by atoms with E-state index in [9.17, 15) is 14.4 Å². The van der Waals surface area contributed by atoms with Crippen LogP contribution in [0, 0.1) is 0 Å². The molecule has 0 saturated carbocycles. The van der Waals surface area contributed by atoms with Crippen LogP contribution in [0.5, 0.6) is 0 Å². The number of benzene rings is 1. The van der Waals surface area contributed by atoms with Crippen LogP contribution in [0.3, 0.4) is 0 Å². The Morgan fingerprint density at radius 1 is 1.00 bits per heavy atom. The molecular formula is C20H20N2O6. The average Bonchev–Trinajstić information content (AvgIpc) is 3.33. The van der Waals surface area contributed by atoms with Crippen molar-refractivity contribution in [2.75, 3.05) is 39.4 Å². The van der Waals surface area contributed by atoms with Gasteiger partial charge in [0.2, 0.25) is 5.76 Å². The molecule has 2 aromatic rings. The molecule has 146 valence electrons. The largest absolute Gasteiger partial charge is 0.457 e. The van der Waals surface area contributed by atoms with Gasteiger partial charge in [0.15, 0.2) is 0 Å². The topological polar surface area (TPSA) is 89.3 Å². The van der Waals surface area contributed by atoms with Gasteiger partial charge in [-0.25, -0.2) is 4.79 Å². The van der Waals surface area contributed by atoms with E-state index in [1.807, 2.05) is 0 Å². The second-order valence-electron chi connectivity index (χ2n) is 6.68. The lowest BCUT2D eigenvalue weighted by molar-refractivity contribution is -0.0121. The SMILES string of the molecule is O=C(O[C@@H](CN1CCOCC1)CN1C(=O)c2ccccc2C1=O)c1ccco1. The number of nitrogens with zero attached hydrogens (tertiary/aromatic N) is 2. The van der Waals surface area contributed by atoms with Gasteiger partial charge in [0.1, 0.15) is 6.10 Å². The van der Waals surface area contributed by atoms with Gasteiger partial charge in [-0.1, -0.05) is 12.1 Å². The highest BCUT2D eigenvalue weighted by atomic mass is 16.6. The van der Waals surface area contributed by atoms with Crippen molar-refractivity contribution < 1.29 is 28.3 Å². The van der Waals surface area contributed by atoms with E-state index in [4.69, 9.17) is 13.9 Å². The second-order valence-corrected chi connectivity index (χ2v) is 6.68. The molecule has 1 aromatic carbocycles. The van der Waals surface area contributed by atoms with E-state index in [2.05, 4.69) is 4.90 Å². The number of esters is 1. The molecule has 4 rings (SSSR count). The molecule has 28 heavy (non-hydrogen) atoms. The Kier molecular flexibility index (Phi) is 5.23. The van der Waals surface area contributed by atoms with Crippen molar-refractivity contribution in [2.45, 2.75) is 6.10 Å². The van der Waals surface area contributed by atoms with Crippen LogP contribution in [0.4, 0.5) is 0 Å². The first-order chi connectivity index (χ1) is 13.6. The smallest absolute Gasteiger partial charge is 0.374 e. The van der Waals surface area contributed by atoms with Gasteiger partial charge in [-0.2, -0.15) is 0 Å². The van der Waals surface area contributed by atoms with Gasteiger partial charge in [-0.3, -0.25) is 19.4 Å². The summed E-state index contributed by atoms with van der Waals surface area (Å²) in [6.45, 7) is 2.94. The Hall–Kier alpha value is -2.97. The standard InChI is InChI=1S/C20H20N2O6/c23-18-15-4-1-2-5-16(15)19(24)22(18)13-14(12-21-7-10-26-11-8-21)28-20(25)17-6-3-9-27-17/h1-6,9,14H,7-8,10-13H2/t14-/m0/s1. The van der Waals surface area contributed by atoms with Gasteiger partial charge in [-0.05, 0) is 24.3 Å². The third-order valence-electron chi connectivity index (χ3n) is 4.83. The molecule has 0 N–H and O–H groups in total. The summed E-state index contributed by atoms with van der Waals surface area (Å²) in [7, 11) is 0. The maximum absolute atomic E-state index is 12.7. The summed E-state index contributed by atoms with van der Waals surface area (Å²) in [4.78, 5) is 40.9. The van der Waals surface area contributed by atoms with Crippen LogP contribution in [0.15, 0.2) is 47.1 Å². The van der Waals surface area contributed by atoms with E-state index in [1.165, 1.54) is 12.3 Å². The highest BCUT2D eigenvalue weighted by Gasteiger charge is 2.37. The van der Waals surface area contributed by atoms with Crippen molar-refractivity contribution in [1.29, 1.82) is 0 Å². The average molecular weight is 384 g/mol. The zero-order valence-electron chi connectivity index (χ0n) is 15.2. The second kappa shape index (κ2) is 7.95. The Labute approximate surface area is 161 Å². The summed E-state index contributed by atoms with van der Waals surface area (Å²) in [6, 6.07) is 9.79. The van der Waals surface area contributed by atoms with Gasteiger partial charge in [-0.15, -0.1) is 0 Å². The Balaban J connectivity index is 1.50. The molecule has 1 saturated heterocycles. The quantitative estimate of drug-likeness (QED) is 0.550. The van der Waals surface area contributed by atoms with Crippen molar-refractivity contribution in [1.82, 2.24) is 9.80 Å². The van der Waals surface area contributed by atoms with Gasteiger partial charge in [0.05, 0.1) is 37.1 Å². The fraction of sp³-hybridized carbons (Fsp3) is 0.350. The molecule has 0 aliphatic carbocycles. The Morgan fingerprint density at radius 3 is 2.29 bits per heavy atom. The molecule has 0 radical (unpaired) electrons. The molecule has 0 unspecified atom stereocenters. The summed E-state index contributed by atoms with van der Waals surface area (Å²) in [5.41, 5.74) is 0.741. The number of carbonyl (C=O) groups is 3. The van der Waals surface area contributed by atoms with E-state index >= 15 is 0 Å². The molecule has 8 heteroatoms. The van der Waals surface area contributed by atoms with Crippen molar-refractivity contribution in [3.63, 3.8) is 0 Å². The van der Waals surface area contributed by atoms with E-state index in [1.54, 1.807) is 30.3 Å². The number of hydrogen-bond acceptors (Lipinski definition) is 7. The Morgan fingerprint density at radius 2 is 1.68 bits per heavy atom. The molecule has 2 aliphatic heterocycles. The minimum atomic E-state index is -0.682. The summed E-state index contributed by atoms with van der Waals surface area (Å²) in [6.07, 6.45) is 0.704. The summed E-state index contributed by atoms with van der Waals surface area (Å²) in [5.74, 6) is -1.29. The van der Waals surface area contributed by atoms with Crippen LogP contribution < -0.4 is 0 Å². The molecule has 0 spiro atoms. The fourth-order valence-corrected chi connectivity index (χ4v) is 3.42. The number of ether oxygens (including phenoxy) is 2. The molecule has 3 heterocycles. The highest BCUT2D eigenvalue weighted by Crippen LogP contribution is 2.23. The highest BCUT2D eigenvalue weighted by molar-refractivity contribution is 6.21. The fourth-order valence-electron chi connectivity index (χ4n) is 3.42. The summed E-state index contributed by atoms with van der Waals surface area (Å²) >= 11 is 0. The van der Waals surface area contributed by atoms with Gasteiger partial charge in [0.25, 0.3) is 11.8 Å². The molecule has 0 bridgehead atoms. The van der Waals surface area contributed by atoms with Crippen LogP contribution in [-0.2, 0) is 9.47 Å². The van der Waals surface area contributed by atoms with Gasteiger partial charge < -0.3 is 13.9 Å². The zero-order valence-corrected chi connectivity index (χ0v) is 15.2. The first kappa shape index (κ1) is 18.4. The van der Waals surface area contributed by atoms with E-state index in [0.29, 0.717) is 44.0 Å². The lowest BCUT2D eigenvalue weighted by Gasteiger charge is -2.31. The Bertz CT molecular complexity index is 838. The van der Waals surface area contributed by atoms with E-state index < -0.39 is 12.1 Å². The first-order valence-corrected chi connectivity index (χ1v) is 9.13. The van der Waals surface area contributed by atoms with Crippen LogP contribution in [0.2, 0.25) is 0 Å². The predicted molar refractivity (Wildman–Crippen MR) is 97.0 cm³/mol. The third-order valence-corrected chi connectivity index (χ3v) is 4.83. The number of fused-ring (bicyclic) bond motifs is 1. The summed E-state index contributed by atoms with van der Waals surface area (Å²) in [5, 5.41) is 0. The van der Waals surface area contributed by atoms with Crippen LogP contribution in [0.25, 0.3) is 0 Å². The molecule has 1 fully saturated rings. The van der Waals surface area contributed by atoms with Crippen LogP contribution in [-0.4, -0.2) is 73.1 Å². The number of morpholine rings is 1. The summed E-state index contributed by atoms with van der Waals surface area (Å²) < 4.78 is 16.0. The van der Waals surface area contributed by atoms with Crippen molar-refractivity contribution in [3.8, 4) is 0 Å². The molecule has 1 aromatic heterocycles. The van der Waals surface area contributed by atoms with Crippen LogP contribution >= 0.6 is 0 Å².